The fourth-order valence-corrected chi connectivity index (χ4v) is 4.26. The summed E-state index contributed by atoms with van der Waals surface area (Å²) in [6.45, 7) is 6.10. The summed E-state index contributed by atoms with van der Waals surface area (Å²) in [7, 11) is 0. The summed E-state index contributed by atoms with van der Waals surface area (Å²) in [6, 6.07) is 22.4. The molecule has 0 saturated heterocycles. The van der Waals surface area contributed by atoms with Crippen molar-refractivity contribution in [3.05, 3.63) is 84.4 Å². The number of rotatable bonds is 8. The van der Waals surface area contributed by atoms with Crippen LogP contribution in [-0.2, 0) is 13.1 Å². The van der Waals surface area contributed by atoms with Gasteiger partial charge in [-0.2, -0.15) is 0 Å². The normalized spacial score (nSPS) is 16.7. The van der Waals surface area contributed by atoms with Gasteiger partial charge in [-0.05, 0) is 36.3 Å². The van der Waals surface area contributed by atoms with Crippen molar-refractivity contribution in [3.8, 4) is 0 Å². The molecule has 0 spiro atoms. The second-order valence-corrected chi connectivity index (χ2v) is 7.37. The van der Waals surface area contributed by atoms with Crippen LogP contribution in [0.2, 0.25) is 0 Å². The molecule has 1 nitrogen and oxygen atoms in total. The fraction of sp³-hybridized carbons (Fsp3) is 0.417. The first-order valence-electron chi connectivity index (χ1n) is 9.79. The minimum atomic E-state index is 0.596. The third kappa shape index (κ3) is 5.31. The molecule has 1 atom stereocenters. The van der Waals surface area contributed by atoms with E-state index in [1.807, 2.05) is 0 Å². The summed E-state index contributed by atoms with van der Waals surface area (Å²) >= 11 is 0. The predicted octanol–water partition coefficient (Wildman–Crippen LogP) is 6.21. The molecule has 1 saturated carbocycles. The zero-order valence-electron chi connectivity index (χ0n) is 15.3. The zero-order chi connectivity index (χ0) is 17.3. The maximum absolute atomic E-state index is 4.07. The van der Waals surface area contributed by atoms with E-state index in [9.17, 15) is 0 Å². The second kappa shape index (κ2) is 9.58. The van der Waals surface area contributed by atoms with Gasteiger partial charge in [0, 0.05) is 19.1 Å². The quantitative estimate of drug-likeness (QED) is 0.519. The van der Waals surface area contributed by atoms with Crippen molar-refractivity contribution in [2.75, 3.05) is 0 Å². The summed E-state index contributed by atoms with van der Waals surface area (Å²) in [5, 5.41) is 0. The molecule has 132 valence electrons. The molecule has 2 aromatic carbocycles. The van der Waals surface area contributed by atoms with Crippen molar-refractivity contribution in [3.63, 3.8) is 0 Å². The first-order chi connectivity index (χ1) is 12.4. The molecular formula is C24H31N. The van der Waals surface area contributed by atoms with E-state index >= 15 is 0 Å². The van der Waals surface area contributed by atoms with Crippen LogP contribution in [0, 0.1) is 5.92 Å². The molecule has 1 aliphatic rings. The van der Waals surface area contributed by atoms with Crippen LogP contribution >= 0.6 is 0 Å². The topological polar surface area (TPSA) is 3.24 Å². The van der Waals surface area contributed by atoms with Crippen LogP contribution in [0.15, 0.2) is 73.3 Å². The van der Waals surface area contributed by atoms with E-state index in [1.165, 1.54) is 43.2 Å². The molecular weight excluding hydrogens is 302 g/mol. The average molecular weight is 334 g/mol. The lowest BCUT2D eigenvalue weighted by Gasteiger charge is -2.39. The summed E-state index contributed by atoms with van der Waals surface area (Å²) in [5.74, 6) is 0.805. The van der Waals surface area contributed by atoms with Gasteiger partial charge in [0.15, 0.2) is 0 Å². The third-order valence-electron chi connectivity index (χ3n) is 5.53. The predicted molar refractivity (Wildman–Crippen MR) is 107 cm³/mol. The van der Waals surface area contributed by atoms with Crippen LogP contribution in [0.4, 0.5) is 0 Å². The van der Waals surface area contributed by atoms with Gasteiger partial charge in [-0.25, -0.2) is 0 Å². The molecule has 3 rings (SSSR count). The highest BCUT2D eigenvalue weighted by Gasteiger charge is 2.28. The van der Waals surface area contributed by atoms with E-state index in [1.54, 1.807) is 0 Å². The Kier molecular flexibility index (Phi) is 6.88. The first kappa shape index (κ1) is 17.9. The van der Waals surface area contributed by atoms with E-state index in [2.05, 4.69) is 78.2 Å². The molecule has 0 bridgehead atoms. The number of nitrogens with zero attached hydrogens (tertiary/aromatic N) is 1. The lowest BCUT2D eigenvalue weighted by atomic mass is 9.81. The van der Waals surface area contributed by atoms with Gasteiger partial charge in [0.2, 0.25) is 0 Å². The van der Waals surface area contributed by atoms with Crippen molar-refractivity contribution in [2.45, 2.75) is 57.7 Å². The minimum Gasteiger partial charge on any atom is -0.291 e. The smallest absolute Gasteiger partial charge is 0.0240 e. The van der Waals surface area contributed by atoms with E-state index in [4.69, 9.17) is 0 Å². The molecule has 0 heterocycles. The Morgan fingerprint density at radius 3 is 1.84 bits per heavy atom. The highest BCUT2D eigenvalue weighted by atomic mass is 15.2. The monoisotopic (exact) mass is 333 g/mol. The summed E-state index contributed by atoms with van der Waals surface area (Å²) in [5.41, 5.74) is 2.81. The van der Waals surface area contributed by atoms with Gasteiger partial charge in [-0.3, -0.25) is 4.90 Å². The maximum atomic E-state index is 4.07. The van der Waals surface area contributed by atoms with E-state index in [0.717, 1.165) is 25.4 Å². The molecule has 1 aliphatic carbocycles. The van der Waals surface area contributed by atoms with Crippen LogP contribution in [0.25, 0.3) is 0 Å². The fourth-order valence-electron chi connectivity index (χ4n) is 4.26. The molecule has 1 heteroatoms. The largest absolute Gasteiger partial charge is 0.291 e. The Labute approximate surface area is 153 Å². The van der Waals surface area contributed by atoms with E-state index in [0.29, 0.717) is 6.04 Å². The van der Waals surface area contributed by atoms with Crippen LogP contribution in [0.3, 0.4) is 0 Å². The first-order valence-corrected chi connectivity index (χ1v) is 9.79. The molecule has 2 aromatic rings. The summed E-state index contributed by atoms with van der Waals surface area (Å²) < 4.78 is 0. The molecule has 0 aromatic heterocycles. The standard InChI is InChI=1S/C24H31N/c1-2-12-24(23-17-10-5-11-18-23)25(19-21-13-6-3-7-14-21)20-22-15-8-4-9-16-22/h2-4,6-9,13-16,23-24H,1,5,10-12,17-20H2. The van der Waals surface area contributed by atoms with Crippen molar-refractivity contribution >= 4 is 0 Å². The molecule has 0 N–H and O–H groups in total. The van der Waals surface area contributed by atoms with Crippen molar-refractivity contribution in [1.29, 1.82) is 0 Å². The lowest BCUT2D eigenvalue weighted by Crippen LogP contribution is -2.40. The van der Waals surface area contributed by atoms with Gasteiger partial charge in [0.25, 0.3) is 0 Å². The highest BCUT2D eigenvalue weighted by molar-refractivity contribution is 5.17. The van der Waals surface area contributed by atoms with Crippen molar-refractivity contribution in [2.24, 2.45) is 5.92 Å². The number of hydrogen-bond donors (Lipinski definition) is 0. The summed E-state index contributed by atoms with van der Waals surface area (Å²) in [6.07, 6.45) is 10.2. The molecule has 0 amide bonds. The Bertz CT molecular complexity index is 572. The SMILES string of the molecule is C=CCC(C1CCCCC1)N(Cc1ccccc1)Cc1ccccc1. The van der Waals surface area contributed by atoms with E-state index in [-0.39, 0.29) is 0 Å². The Morgan fingerprint density at radius 1 is 0.840 bits per heavy atom. The van der Waals surface area contributed by atoms with Crippen LogP contribution in [0.5, 0.6) is 0 Å². The molecule has 1 fully saturated rings. The van der Waals surface area contributed by atoms with Crippen LogP contribution < -0.4 is 0 Å². The van der Waals surface area contributed by atoms with Gasteiger partial charge < -0.3 is 0 Å². The lowest BCUT2D eigenvalue weighted by molar-refractivity contribution is 0.104. The van der Waals surface area contributed by atoms with Gasteiger partial charge in [0.1, 0.15) is 0 Å². The van der Waals surface area contributed by atoms with Crippen molar-refractivity contribution < 1.29 is 0 Å². The van der Waals surface area contributed by atoms with Gasteiger partial charge in [-0.15, -0.1) is 6.58 Å². The Morgan fingerprint density at radius 2 is 1.36 bits per heavy atom. The minimum absolute atomic E-state index is 0.596. The Hall–Kier alpha value is -1.86. The molecule has 0 aliphatic heterocycles. The maximum Gasteiger partial charge on any atom is 0.0240 e. The zero-order valence-corrected chi connectivity index (χ0v) is 15.3. The average Bonchev–Trinajstić information content (AvgIpc) is 2.68. The number of hydrogen-bond acceptors (Lipinski definition) is 1. The Balaban J connectivity index is 1.82. The highest BCUT2D eigenvalue weighted by Crippen LogP contribution is 2.32. The summed E-state index contributed by atoms with van der Waals surface area (Å²) in [4.78, 5) is 2.70. The van der Waals surface area contributed by atoms with Crippen LogP contribution in [0.1, 0.15) is 49.7 Å². The van der Waals surface area contributed by atoms with Gasteiger partial charge in [-0.1, -0.05) is 86.0 Å². The van der Waals surface area contributed by atoms with Crippen LogP contribution in [-0.4, -0.2) is 10.9 Å². The number of benzene rings is 2. The molecule has 0 radical (unpaired) electrons. The molecule has 1 unspecified atom stereocenters. The molecule has 25 heavy (non-hydrogen) atoms. The van der Waals surface area contributed by atoms with E-state index < -0.39 is 0 Å². The second-order valence-electron chi connectivity index (χ2n) is 7.37. The third-order valence-corrected chi connectivity index (χ3v) is 5.53. The van der Waals surface area contributed by atoms with Gasteiger partial charge >= 0.3 is 0 Å². The van der Waals surface area contributed by atoms with Gasteiger partial charge in [0.05, 0.1) is 0 Å². The van der Waals surface area contributed by atoms with Crippen molar-refractivity contribution in [1.82, 2.24) is 4.90 Å².